The fourth-order valence-corrected chi connectivity index (χ4v) is 3.06. The molecule has 0 radical (unpaired) electrons. The van der Waals surface area contributed by atoms with Gasteiger partial charge in [-0.25, -0.2) is 4.98 Å². The monoisotopic (exact) mass is 260 g/mol. The molecule has 1 aliphatic rings. The minimum absolute atomic E-state index is 0.848. The number of nitrogens with two attached hydrogens (primary N) is 1. The second kappa shape index (κ2) is 4.57. The van der Waals surface area contributed by atoms with E-state index in [1.165, 1.54) is 22.7 Å². The summed E-state index contributed by atoms with van der Waals surface area (Å²) in [6, 6.07) is 6.17. The Morgan fingerprint density at radius 1 is 1.44 bits per heavy atom. The molecule has 3 rings (SSSR count). The van der Waals surface area contributed by atoms with Crippen molar-refractivity contribution in [2.45, 2.75) is 26.3 Å². The second-order valence-corrected chi connectivity index (χ2v) is 5.23. The van der Waals surface area contributed by atoms with E-state index in [9.17, 15) is 0 Å². The Morgan fingerprint density at radius 2 is 2.33 bits per heavy atom. The van der Waals surface area contributed by atoms with Crippen LogP contribution in [0.2, 0.25) is 0 Å². The number of hydrogen-bond acceptors (Lipinski definition) is 5. The maximum atomic E-state index is 6.05. The lowest BCUT2D eigenvalue weighted by Crippen LogP contribution is -2.30. The molecule has 0 fully saturated rings. The number of rotatable bonds is 2. The molecule has 1 aliphatic heterocycles. The largest absolute Gasteiger partial charge is 0.398 e. The molecular weight excluding hydrogens is 244 g/mol. The molecule has 2 N–H and O–H groups in total. The van der Waals surface area contributed by atoms with Gasteiger partial charge in [0.05, 0.1) is 0 Å². The van der Waals surface area contributed by atoms with Crippen LogP contribution in [0.3, 0.4) is 0 Å². The van der Waals surface area contributed by atoms with E-state index in [0.29, 0.717) is 0 Å². The number of nitrogen functional groups attached to an aromatic ring is 1. The van der Waals surface area contributed by atoms with E-state index >= 15 is 0 Å². The summed E-state index contributed by atoms with van der Waals surface area (Å²) in [7, 11) is 0. The molecule has 0 saturated carbocycles. The Bertz CT molecular complexity index is 564. The predicted octanol–water partition coefficient (Wildman–Crippen LogP) is 2.25. The van der Waals surface area contributed by atoms with Gasteiger partial charge in [0.15, 0.2) is 0 Å². The van der Waals surface area contributed by atoms with Crippen molar-refractivity contribution in [2.75, 3.05) is 17.2 Å². The molecule has 1 aromatic heterocycles. The number of aromatic nitrogens is 2. The normalized spacial score (nSPS) is 14.6. The zero-order valence-electron chi connectivity index (χ0n) is 10.4. The summed E-state index contributed by atoms with van der Waals surface area (Å²) in [5.74, 6) is 0.932. The summed E-state index contributed by atoms with van der Waals surface area (Å²) in [6.07, 6.45) is 1.92. The number of aryl methyl sites for hydroxylation is 1. The first-order chi connectivity index (χ1) is 8.78. The molecule has 2 aromatic rings. The van der Waals surface area contributed by atoms with Crippen molar-refractivity contribution in [3.8, 4) is 0 Å². The van der Waals surface area contributed by atoms with E-state index < -0.39 is 0 Å². The molecule has 0 spiro atoms. The van der Waals surface area contributed by atoms with Gasteiger partial charge in [0, 0.05) is 36.7 Å². The first-order valence-electron chi connectivity index (χ1n) is 6.21. The highest BCUT2D eigenvalue weighted by Crippen LogP contribution is 2.28. The molecule has 1 aromatic carbocycles. The van der Waals surface area contributed by atoms with Crippen molar-refractivity contribution in [1.82, 2.24) is 9.36 Å². The number of hydrogen-bond donors (Lipinski definition) is 1. The van der Waals surface area contributed by atoms with Crippen molar-refractivity contribution >= 4 is 22.4 Å². The fourth-order valence-electron chi connectivity index (χ4n) is 2.29. The molecule has 0 aliphatic carbocycles. The van der Waals surface area contributed by atoms with Crippen LogP contribution in [0.1, 0.15) is 23.9 Å². The Hall–Kier alpha value is -1.62. The Balaban J connectivity index is 1.88. The van der Waals surface area contributed by atoms with Gasteiger partial charge in [-0.1, -0.05) is 19.1 Å². The molecule has 0 atom stereocenters. The van der Waals surface area contributed by atoms with Crippen molar-refractivity contribution in [2.24, 2.45) is 0 Å². The molecule has 5 heteroatoms. The molecule has 4 nitrogen and oxygen atoms in total. The number of nitrogens with zero attached hydrogens (tertiary/aromatic N) is 3. The summed E-state index contributed by atoms with van der Waals surface area (Å²) >= 11 is 1.49. The predicted molar refractivity (Wildman–Crippen MR) is 74.9 cm³/mol. The molecule has 94 valence electrons. The third kappa shape index (κ3) is 1.95. The van der Waals surface area contributed by atoms with E-state index in [4.69, 9.17) is 5.73 Å². The van der Waals surface area contributed by atoms with Crippen LogP contribution in [-0.2, 0) is 19.4 Å². The molecule has 2 heterocycles. The topological polar surface area (TPSA) is 55.0 Å². The van der Waals surface area contributed by atoms with Gasteiger partial charge in [0.25, 0.3) is 0 Å². The van der Waals surface area contributed by atoms with Gasteiger partial charge in [-0.3, -0.25) is 0 Å². The first kappa shape index (κ1) is 11.5. The maximum absolute atomic E-state index is 6.05. The Labute approximate surface area is 111 Å². The van der Waals surface area contributed by atoms with Gasteiger partial charge in [-0.2, -0.15) is 4.37 Å². The van der Waals surface area contributed by atoms with Crippen LogP contribution < -0.4 is 10.6 Å². The Kier molecular flexibility index (Phi) is 2.91. The van der Waals surface area contributed by atoms with Crippen LogP contribution in [0, 0.1) is 0 Å². The van der Waals surface area contributed by atoms with Crippen molar-refractivity contribution in [3.05, 3.63) is 35.2 Å². The highest BCUT2D eigenvalue weighted by molar-refractivity contribution is 7.09. The second-order valence-electron chi connectivity index (χ2n) is 4.50. The molecule has 0 amide bonds. The average molecular weight is 260 g/mol. The maximum Gasteiger partial charge on any atom is 0.205 e. The smallest absolute Gasteiger partial charge is 0.205 e. The van der Waals surface area contributed by atoms with E-state index in [1.807, 2.05) is 12.1 Å². The molecular formula is C13H16N4S. The molecule has 18 heavy (non-hydrogen) atoms. The van der Waals surface area contributed by atoms with Gasteiger partial charge in [-0.05, 0) is 23.6 Å². The van der Waals surface area contributed by atoms with Crippen molar-refractivity contribution in [3.63, 3.8) is 0 Å². The first-order valence-corrected chi connectivity index (χ1v) is 6.99. The zero-order chi connectivity index (χ0) is 12.5. The quantitative estimate of drug-likeness (QED) is 0.841. The van der Waals surface area contributed by atoms with Crippen LogP contribution in [0.15, 0.2) is 18.2 Å². The lowest BCUT2D eigenvalue weighted by Gasteiger charge is -2.28. The lowest BCUT2D eigenvalue weighted by atomic mass is 9.98. The minimum atomic E-state index is 0.848. The van der Waals surface area contributed by atoms with E-state index in [1.54, 1.807) is 0 Å². The molecule has 0 saturated heterocycles. The zero-order valence-corrected chi connectivity index (χ0v) is 11.2. The summed E-state index contributed by atoms with van der Waals surface area (Å²) < 4.78 is 4.35. The van der Waals surface area contributed by atoms with Crippen LogP contribution in [0.5, 0.6) is 0 Å². The third-order valence-electron chi connectivity index (χ3n) is 3.35. The van der Waals surface area contributed by atoms with Gasteiger partial charge in [0.2, 0.25) is 5.13 Å². The number of anilines is 2. The van der Waals surface area contributed by atoms with E-state index in [-0.39, 0.29) is 0 Å². The highest BCUT2D eigenvalue weighted by atomic mass is 32.1. The van der Waals surface area contributed by atoms with Gasteiger partial charge in [-0.15, -0.1) is 0 Å². The van der Waals surface area contributed by atoms with E-state index in [0.717, 1.165) is 42.6 Å². The van der Waals surface area contributed by atoms with Crippen molar-refractivity contribution in [1.29, 1.82) is 0 Å². The Morgan fingerprint density at radius 3 is 3.11 bits per heavy atom. The summed E-state index contributed by atoms with van der Waals surface area (Å²) in [4.78, 5) is 6.82. The summed E-state index contributed by atoms with van der Waals surface area (Å²) in [6.45, 7) is 3.92. The minimum Gasteiger partial charge on any atom is -0.398 e. The fraction of sp³-hybridized carbons (Fsp3) is 0.385. The standard InChI is InChI=1S/C13H16N4S/c1-2-12-15-13(18-16-12)17-7-6-9-4-3-5-11(14)10(9)8-17/h3-5H,2,6-8,14H2,1H3. The number of benzene rings is 1. The number of fused-ring (bicyclic) bond motifs is 1. The SMILES string of the molecule is CCc1nsc(N2CCc3cccc(N)c3C2)n1. The molecule has 0 bridgehead atoms. The lowest BCUT2D eigenvalue weighted by molar-refractivity contribution is 0.728. The van der Waals surface area contributed by atoms with Crippen LogP contribution >= 0.6 is 11.5 Å². The molecule has 0 unspecified atom stereocenters. The third-order valence-corrected chi connectivity index (χ3v) is 4.17. The van der Waals surface area contributed by atoms with Gasteiger partial charge in [0.1, 0.15) is 5.82 Å². The van der Waals surface area contributed by atoms with Crippen LogP contribution in [-0.4, -0.2) is 15.9 Å². The van der Waals surface area contributed by atoms with Crippen LogP contribution in [0.4, 0.5) is 10.8 Å². The van der Waals surface area contributed by atoms with Crippen LogP contribution in [0.25, 0.3) is 0 Å². The summed E-state index contributed by atoms with van der Waals surface area (Å²) in [5.41, 5.74) is 9.55. The summed E-state index contributed by atoms with van der Waals surface area (Å²) in [5, 5.41) is 1.01. The van der Waals surface area contributed by atoms with Crippen molar-refractivity contribution < 1.29 is 0 Å². The van der Waals surface area contributed by atoms with Gasteiger partial charge < -0.3 is 10.6 Å². The highest BCUT2D eigenvalue weighted by Gasteiger charge is 2.20. The van der Waals surface area contributed by atoms with Gasteiger partial charge >= 0.3 is 0 Å². The van der Waals surface area contributed by atoms with E-state index in [2.05, 4.69) is 27.2 Å². The average Bonchev–Trinajstić information content (AvgIpc) is 2.88.